The molecule has 0 aliphatic rings. The Morgan fingerprint density at radius 3 is 2.12 bits per heavy atom. The van der Waals surface area contributed by atoms with E-state index in [1.54, 1.807) is 0 Å². The second kappa shape index (κ2) is 7.23. The summed E-state index contributed by atoms with van der Waals surface area (Å²) in [5.41, 5.74) is 6.07. The Labute approximate surface area is 137 Å². The molecular weight excluding hydrogens is 315 g/mol. The first-order chi connectivity index (χ1) is 11.3. The van der Waals surface area contributed by atoms with Gasteiger partial charge in [-0.2, -0.15) is 0 Å². The van der Waals surface area contributed by atoms with Gasteiger partial charge in [0, 0.05) is 23.9 Å². The van der Waals surface area contributed by atoms with Gasteiger partial charge in [0.25, 0.3) is 5.91 Å². The Kier molecular flexibility index (Phi) is 5.10. The van der Waals surface area contributed by atoms with E-state index in [1.807, 2.05) is 0 Å². The third kappa shape index (κ3) is 4.54. The van der Waals surface area contributed by atoms with Crippen molar-refractivity contribution in [1.29, 1.82) is 0 Å². The van der Waals surface area contributed by atoms with Crippen molar-refractivity contribution in [2.75, 3.05) is 16.0 Å². The van der Waals surface area contributed by atoms with Crippen LogP contribution in [-0.2, 0) is 4.79 Å². The highest BCUT2D eigenvalue weighted by Gasteiger charge is 2.09. The number of nitrogens with two attached hydrogens (primary N) is 1. The predicted molar refractivity (Wildman–Crippen MR) is 88.3 cm³/mol. The van der Waals surface area contributed by atoms with Crippen LogP contribution in [0.1, 0.15) is 17.3 Å². The molecule has 4 amide bonds. The SMILES string of the molecule is CC(=O)Nc1cc(NC(=O)c2ccc(NC(N)=O)cc2)ccc1F. The number of carbonyl (C=O) groups excluding carboxylic acids is 3. The molecule has 2 aromatic carbocycles. The number of primary amides is 1. The number of benzene rings is 2. The molecule has 0 heterocycles. The van der Waals surface area contributed by atoms with E-state index < -0.39 is 23.7 Å². The lowest BCUT2D eigenvalue weighted by Crippen LogP contribution is -2.19. The summed E-state index contributed by atoms with van der Waals surface area (Å²) in [6.45, 7) is 1.26. The Morgan fingerprint density at radius 1 is 0.917 bits per heavy atom. The average molecular weight is 330 g/mol. The molecule has 0 saturated carbocycles. The highest BCUT2D eigenvalue weighted by atomic mass is 19.1. The Balaban J connectivity index is 2.11. The molecule has 2 rings (SSSR count). The average Bonchev–Trinajstić information content (AvgIpc) is 2.50. The Bertz CT molecular complexity index is 790. The summed E-state index contributed by atoms with van der Waals surface area (Å²) in [6, 6.07) is 9.17. The van der Waals surface area contributed by atoms with Crippen LogP contribution in [0.15, 0.2) is 42.5 Å². The standard InChI is InChI=1S/C16H15FN4O3/c1-9(22)19-14-8-12(6-7-13(14)17)20-15(23)10-2-4-11(5-3-10)21-16(18)24/h2-8H,1H3,(H,19,22)(H,20,23)(H3,18,21,24). The molecule has 0 radical (unpaired) electrons. The molecule has 0 aliphatic carbocycles. The van der Waals surface area contributed by atoms with Gasteiger partial charge in [-0.15, -0.1) is 0 Å². The lowest BCUT2D eigenvalue weighted by molar-refractivity contribution is -0.114. The van der Waals surface area contributed by atoms with E-state index in [9.17, 15) is 18.8 Å². The topological polar surface area (TPSA) is 113 Å². The number of amides is 4. The predicted octanol–water partition coefficient (Wildman–Crippen LogP) is 2.53. The largest absolute Gasteiger partial charge is 0.351 e. The molecule has 2 aromatic rings. The van der Waals surface area contributed by atoms with Crippen LogP contribution in [0.25, 0.3) is 0 Å². The molecule has 0 fully saturated rings. The maximum Gasteiger partial charge on any atom is 0.316 e. The molecule has 7 nitrogen and oxygen atoms in total. The van der Waals surface area contributed by atoms with Crippen LogP contribution in [0, 0.1) is 5.82 Å². The van der Waals surface area contributed by atoms with Crippen LogP contribution in [0.2, 0.25) is 0 Å². The maximum atomic E-state index is 13.6. The second-order valence-electron chi connectivity index (χ2n) is 4.90. The molecular formula is C16H15FN4O3. The quantitative estimate of drug-likeness (QED) is 0.690. The van der Waals surface area contributed by atoms with Crippen molar-refractivity contribution < 1.29 is 18.8 Å². The molecule has 24 heavy (non-hydrogen) atoms. The third-order valence-corrected chi connectivity index (χ3v) is 2.95. The Hall–Kier alpha value is -3.42. The van der Waals surface area contributed by atoms with Gasteiger partial charge >= 0.3 is 6.03 Å². The van der Waals surface area contributed by atoms with Crippen LogP contribution in [-0.4, -0.2) is 17.8 Å². The van der Waals surface area contributed by atoms with Crippen LogP contribution in [0.3, 0.4) is 0 Å². The van der Waals surface area contributed by atoms with E-state index in [-0.39, 0.29) is 5.69 Å². The van der Waals surface area contributed by atoms with Gasteiger partial charge in [-0.1, -0.05) is 0 Å². The van der Waals surface area contributed by atoms with Crippen molar-refractivity contribution in [1.82, 2.24) is 0 Å². The third-order valence-electron chi connectivity index (χ3n) is 2.95. The minimum absolute atomic E-state index is 0.0266. The van der Waals surface area contributed by atoms with Crippen molar-refractivity contribution in [3.05, 3.63) is 53.8 Å². The first kappa shape index (κ1) is 16.9. The van der Waals surface area contributed by atoms with Crippen LogP contribution >= 0.6 is 0 Å². The van der Waals surface area contributed by atoms with E-state index in [0.29, 0.717) is 16.9 Å². The van der Waals surface area contributed by atoms with Crippen molar-refractivity contribution in [3.8, 4) is 0 Å². The zero-order chi connectivity index (χ0) is 17.7. The van der Waals surface area contributed by atoms with Gasteiger partial charge in [0.1, 0.15) is 5.82 Å². The summed E-state index contributed by atoms with van der Waals surface area (Å²) in [7, 11) is 0. The number of rotatable bonds is 4. The molecule has 8 heteroatoms. The second-order valence-corrected chi connectivity index (χ2v) is 4.90. The van der Waals surface area contributed by atoms with Gasteiger partial charge in [0.15, 0.2) is 0 Å². The molecule has 0 unspecified atom stereocenters. The summed E-state index contributed by atoms with van der Waals surface area (Å²) in [5, 5.41) is 7.30. The molecule has 0 spiro atoms. The van der Waals surface area contributed by atoms with E-state index in [0.717, 1.165) is 6.07 Å². The molecule has 0 saturated heterocycles. The fourth-order valence-electron chi connectivity index (χ4n) is 1.94. The minimum atomic E-state index is -0.705. The number of halogens is 1. The van der Waals surface area contributed by atoms with Crippen molar-refractivity contribution in [2.24, 2.45) is 5.73 Å². The maximum absolute atomic E-state index is 13.6. The molecule has 5 N–H and O–H groups in total. The number of hydrogen-bond acceptors (Lipinski definition) is 3. The van der Waals surface area contributed by atoms with Gasteiger partial charge in [0.2, 0.25) is 5.91 Å². The molecule has 0 atom stereocenters. The van der Waals surface area contributed by atoms with Crippen molar-refractivity contribution in [3.63, 3.8) is 0 Å². The van der Waals surface area contributed by atoms with Gasteiger partial charge in [-0.3, -0.25) is 9.59 Å². The summed E-state index contributed by atoms with van der Waals surface area (Å²) in [6.07, 6.45) is 0. The first-order valence-corrected chi connectivity index (χ1v) is 6.90. The number of urea groups is 1. The van der Waals surface area contributed by atoms with Gasteiger partial charge < -0.3 is 21.7 Å². The van der Waals surface area contributed by atoms with Crippen molar-refractivity contribution in [2.45, 2.75) is 6.92 Å². The normalized spacial score (nSPS) is 9.92. The summed E-state index contributed by atoms with van der Waals surface area (Å²) < 4.78 is 13.6. The van der Waals surface area contributed by atoms with E-state index in [2.05, 4.69) is 16.0 Å². The fraction of sp³-hybridized carbons (Fsp3) is 0.0625. The number of nitrogens with one attached hydrogen (secondary N) is 3. The van der Waals surface area contributed by atoms with E-state index in [4.69, 9.17) is 5.73 Å². The molecule has 0 aliphatic heterocycles. The summed E-state index contributed by atoms with van der Waals surface area (Å²) in [5.74, 6) is -1.46. The fourth-order valence-corrected chi connectivity index (χ4v) is 1.94. The van der Waals surface area contributed by atoms with E-state index >= 15 is 0 Å². The van der Waals surface area contributed by atoms with Crippen LogP contribution in [0.5, 0.6) is 0 Å². The molecule has 0 aromatic heterocycles. The lowest BCUT2D eigenvalue weighted by atomic mass is 10.2. The lowest BCUT2D eigenvalue weighted by Gasteiger charge is -2.09. The smallest absolute Gasteiger partial charge is 0.316 e. The van der Waals surface area contributed by atoms with Gasteiger partial charge in [-0.05, 0) is 42.5 Å². The van der Waals surface area contributed by atoms with Crippen LogP contribution in [0.4, 0.5) is 26.2 Å². The number of anilines is 3. The molecule has 124 valence electrons. The summed E-state index contributed by atoms with van der Waals surface area (Å²) in [4.78, 5) is 33.9. The van der Waals surface area contributed by atoms with Crippen LogP contribution < -0.4 is 21.7 Å². The van der Waals surface area contributed by atoms with Crippen molar-refractivity contribution >= 4 is 34.9 Å². The number of carbonyl (C=O) groups is 3. The minimum Gasteiger partial charge on any atom is -0.351 e. The van der Waals surface area contributed by atoms with Gasteiger partial charge in [0.05, 0.1) is 5.69 Å². The summed E-state index contributed by atoms with van der Waals surface area (Å²) >= 11 is 0. The van der Waals surface area contributed by atoms with E-state index in [1.165, 1.54) is 43.3 Å². The Morgan fingerprint density at radius 2 is 1.54 bits per heavy atom. The highest BCUT2D eigenvalue weighted by molar-refractivity contribution is 6.05. The zero-order valence-corrected chi connectivity index (χ0v) is 12.7. The molecule has 0 bridgehead atoms. The first-order valence-electron chi connectivity index (χ1n) is 6.90. The van der Waals surface area contributed by atoms with Gasteiger partial charge in [-0.25, -0.2) is 9.18 Å². The zero-order valence-electron chi connectivity index (χ0n) is 12.7. The monoisotopic (exact) mass is 330 g/mol. The number of hydrogen-bond donors (Lipinski definition) is 4. The highest BCUT2D eigenvalue weighted by Crippen LogP contribution is 2.20.